The summed E-state index contributed by atoms with van der Waals surface area (Å²) in [5.41, 5.74) is 0.746. The molecule has 0 aliphatic carbocycles. The van der Waals surface area contributed by atoms with Crippen LogP contribution < -0.4 is 5.32 Å². The number of amides is 2. The summed E-state index contributed by atoms with van der Waals surface area (Å²) in [5, 5.41) is 15.0. The average molecular weight is 269 g/mol. The first-order valence-electron chi connectivity index (χ1n) is 6.08. The van der Waals surface area contributed by atoms with Crippen molar-refractivity contribution in [3.05, 3.63) is 17.5 Å². The van der Waals surface area contributed by atoms with Crippen LogP contribution in [0.25, 0.3) is 0 Å². The number of carboxylic acids is 1. The third-order valence-corrected chi connectivity index (χ3v) is 2.54. The lowest BCUT2D eigenvalue weighted by Gasteiger charge is -2.26. The molecule has 0 radical (unpaired) electrons. The summed E-state index contributed by atoms with van der Waals surface area (Å²) in [6.07, 6.45) is -0.0764. The van der Waals surface area contributed by atoms with Crippen molar-refractivity contribution in [1.29, 1.82) is 0 Å². The van der Waals surface area contributed by atoms with Gasteiger partial charge >= 0.3 is 12.0 Å². The molecule has 0 saturated carbocycles. The molecule has 7 heteroatoms. The summed E-state index contributed by atoms with van der Waals surface area (Å²) < 4.78 is 4.98. The zero-order valence-corrected chi connectivity index (χ0v) is 11.3. The largest absolute Gasteiger partial charge is 0.481 e. The predicted octanol–water partition coefficient (Wildman–Crippen LogP) is 1.38. The van der Waals surface area contributed by atoms with Crippen LogP contribution in [-0.2, 0) is 11.3 Å². The molecular weight excluding hydrogens is 250 g/mol. The Morgan fingerprint density at radius 1 is 1.53 bits per heavy atom. The second-order valence-corrected chi connectivity index (χ2v) is 4.52. The Hall–Kier alpha value is -2.05. The van der Waals surface area contributed by atoms with Crippen LogP contribution in [0.4, 0.5) is 4.79 Å². The van der Waals surface area contributed by atoms with Crippen LogP contribution in [0.2, 0.25) is 0 Å². The third kappa shape index (κ3) is 4.99. The second-order valence-electron chi connectivity index (χ2n) is 4.52. The van der Waals surface area contributed by atoms with Crippen molar-refractivity contribution in [3.63, 3.8) is 0 Å². The maximum Gasteiger partial charge on any atom is 0.318 e. The molecule has 1 aromatic heterocycles. The van der Waals surface area contributed by atoms with Gasteiger partial charge in [0.15, 0.2) is 5.76 Å². The van der Waals surface area contributed by atoms with Crippen molar-refractivity contribution < 1.29 is 19.2 Å². The van der Waals surface area contributed by atoms with E-state index in [4.69, 9.17) is 9.63 Å². The maximum atomic E-state index is 11.9. The molecule has 19 heavy (non-hydrogen) atoms. The Labute approximate surface area is 111 Å². The molecule has 2 amide bonds. The number of nitrogens with zero attached hydrogens (tertiary/aromatic N) is 2. The number of urea groups is 1. The normalized spacial score (nSPS) is 10.5. The molecule has 1 rings (SSSR count). The van der Waals surface area contributed by atoms with E-state index in [9.17, 15) is 9.59 Å². The van der Waals surface area contributed by atoms with Gasteiger partial charge < -0.3 is 19.8 Å². The van der Waals surface area contributed by atoms with Crippen molar-refractivity contribution in [2.24, 2.45) is 0 Å². The number of carbonyl (C=O) groups excluding carboxylic acids is 1. The highest BCUT2D eigenvalue weighted by molar-refractivity contribution is 5.75. The van der Waals surface area contributed by atoms with E-state index in [0.717, 1.165) is 5.69 Å². The summed E-state index contributed by atoms with van der Waals surface area (Å²) >= 11 is 0. The third-order valence-electron chi connectivity index (χ3n) is 2.54. The predicted molar refractivity (Wildman–Crippen MR) is 67.6 cm³/mol. The standard InChI is InChI=1S/C12H19N3O4/c1-8(2)15(5-4-11(16)17)12(18)13-7-10-6-9(3)14-19-10/h6,8H,4-5,7H2,1-3H3,(H,13,18)(H,16,17). The zero-order chi connectivity index (χ0) is 14.4. The fraction of sp³-hybridized carbons (Fsp3) is 0.583. The molecule has 106 valence electrons. The molecular formula is C12H19N3O4. The van der Waals surface area contributed by atoms with Gasteiger partial charge in [0.2, 0.25) is 0 Å². The SMILES string of the molecule is Cc1cc(CNC(=O)N(CCC(=O)O)C(C)C)on1. The Morgan fingerprint density at radius 3 is 2.68 bits per heavy atom. The van der Waals surface area contributed by atoms with Crippen LogP contribution in [0, 0.1) is 6.92 Å². The Kier molecular flexibility index (Phi) is 5.35. The highest BCUT2D eigenvalue weighted by Crippen LogP contribution is 2.04. The fourth-order valence-electron chi connectivity index (χ4n) is 1.57. The van der Waals surface area contributed by atoms with Crippen molar-refractivity contribution in [2.75, 3.05) is 6.54 Å². The van der Waals surface area contributed by atoms with Crippen molar-refractivity contribution in [2.45, 2.75) is 39.8 Å². The van der Waals surface area contributed by atoms with Crippen molar-refractivity contribution in [1.82, 2.24) is 15.4 Å². The zero-order valence-electron chi connectivity index (χ0n) is 11.3. The van der Waals surface area contributed by atoms with Crippen molar-refractivity contribution >= 4 is 12.0 Å². The number of aryl methyl sites for hydroxylation is 1. The highest BCUT2D eigenvalue weighted by atomic mass is 16.5. The van der Waals surface area contributed by atoms with Gasteiger partial charge in [-0.2, -0.15) is 0 Å². The van der Waals surface area contributed by atoms with E-state index in [2.05, 4.69) is 10.5 Å². The van der Waals surface area contributed by atoms with Crippen LogP contribution in [0.1, 0.15) is 31.7 Å². The number of rotatable bonds is 6. The van der Waals surface area contributed by atoms with Gasteiger partial charge in [-0.15, -0.1) is 0 Å². The van der Waals surface area contributed by atoms with E-state index in [1.54, 1.807) is 13.0 Å². The summed E-state index contributed by atoms with van der Waals surface area (Å²) in [7, 11) is 0. The highest BCUT2D eigenvalue weighted by Gasteiger charge is 2.18. The number of nitrogens with one attached hydrogen (secondary N) is 1. The summed E-state index contributed by atoms with van der Waals surface area (Å²) in [6, 6.07) is 1.35. The van der Waals surface area contributed by atoms with Crippen LogP contribution in [-0.4, -0.2) is 39.8 Å². The summed E-state index contributed by atoms with van der Waals surface area (Å²) in [6.45, 7) is 5.87. The Bertz CT molecular complexity index is 442. The molecule has 0 fully saturated rings. The van der Waals surface area contributed by atoms with Gasteiger partial charge in [-0.25, -0.2) is 4.79 Å². The van der Waals surface area contributed by atoms with Gasteiger partial charge in [0.25, 0.3) is 0 Å². The molecule has 0 atom stereocenters. The molecule has 0 saturated heterocycles. The topological polar surface area (TPSA) is 95.7 Å². The minimum atomic E-state index is -0.927. The van der Waals surface area contributed by atoms with E-state index in [0.29, 0.717) is 5.76 Å². The lowest BCUT2D eigenvalue weighted by atomic mass is 10.3. The van der Waals surface area contributed by atoms with Gasteiger partial charge in [0.05, 0.1) is 18.7 Å². The Balaban J connectivity index is 2.49. The summed E-state index contributed by atoms with van der Waals surface area (Å²) in [5.74, 6) is -0.364. The van der Waals surface area contributed by atoms with Gasteiger partial charge in [-0.3, -0.25) is 4.79 Å². The first kappa shape index (κ1) is 15.0. The Morgan fingerprint density at radius 2 is 2.21 bits per heavy atom. The number of carboxylic acid groups (broad SMARTS) is 1. The van der Waals surface area contributed by atoms with Crippen LogP contribution in [0.5, 0.6) is 0 Å². The molecule has 2 N–H and O–H groups in total. The average Bonchev–Trinajstić information content (AvgIpc) is 2.72. The smallest absolute Gasteiger partial charge is 0.318 e. The van der Waals surface area contributed by atoms with Crippen molar-refractivity contribution in [3.8, 4) is 0 Å². The molecule has 0 spiro atoms. The van der Waals surface area contributed by atoms with E-state index in [1.807, 2.05) is 13.8 Å². The van der Waals surface area contributed by atoms with Crippen LogP contribution in [0.15, 0.2) is 10.6 Å². The number of aromatic nitrogens is 1. The maximum absolute atomic E-state index is 11.9. The first-order chi connectivity index (χ1) is 8.90. The second kappa shape index (κ2) is 6.77. The van der Waals surface area contributed by atoms with E-state index < -0.39 is 5.97 Å². The quantitative estimate of drug-likeness (QED) is 0.813. The van der Waals surface area contributed by atoms with E-state index in [-0.39, 0.29) is 31.6 Å². The van der Waals surface area contributed by atoms with Crippen LogP contribution >= 0.6 is 0 Å². The lowest BCUT2D eigenvalue weighted by molar-refractivity contribution is -0.137. The molecule has 0 bridgehead atoms. The molecule has 0 unspecified atom stereocenters. The van der Waals surface area contributed by atoms with Gasteiger partial charge in [-0.1, -0.05) is 5.16 Å². The van der Waals surface area contributed by atoms with Crippen LogP contribution in [0.3, 0.4) is 0 Å². The molecule has 1 aromatic rings. The molecule has 0 aromatic carbocycles. The summed E-state index contributed by atoms with van der Waals surface area (Å²) in [4.78, 5) is 24.0. The molecule has 7 nitrogen and oxygen atoms in total. The minimum Gasteiger partial charge on any atom is -0.481 e. The molecule has 0 aliphatic rings. The number of carbonyl (C=O) groups is 2. The molecule has 1 heterocycles. The molecule has 0 aliphatic heterocycles. The monoisotopic (exact) mass is 269 g/mol. The van der Waals surface area contributed by atoms with Gasteiger partial charge in [-0.05, 0) is 20.8 Å². The number of aliphatic carboxylic acids is 1. The first-order valence-corrected chi connectivity index (χ1v) is 6.08. The van der Waals surface area contributed by atoms with E-state index in [1.165, 1.54) is 4.90 Å². The number of hydrogen-bond acceptors (Lipinski definition) is 4. The van der Waals surface area contributed by atoms with E-state index >= 15 is 0 Å². The fourth-order valence-corrected chi connectivity index (χ4v) is 1.57. The minimum absolute atomic E-state index is 0.0733. The van der Waals surface area contributed by atoms with Gasteiger partial charge in [0.1, 0.15) is 0 Å². The van der Waals surface area contributed by atoms with Gasteiger partial charge in [0, 0.05) is 18.7 Å². The lowest BCUT2D eigenvalue weighted by Crippen LogP contribution is -2.44. The number of hydrogen-bond donors (Lipinski definition) is 2.